The van der Waals surface area contributed by atoms with Gasteiger partial charge in [0.2, 0.25) is 0 Å². The van der Waals surface area contributed by atoms with Gasteiger partial charge in [-0.1, -0.05) is 6.07 Å². The summed E-state index contributed by atoms with van der Waals surface area (Å²) in [5, 5.41) is 9.66. The van der Waals surface area contributed by atoms with Crippen LogP contribution in [0.4, 0.5) is 0 Å². The lowest BCUT2D eigenvalue weighted by atomic mass is 9.98. The number of hydrogen-bond acceptors (Lipinski definition) is 6. The van der Waals surface area contributed by atoms with E-state index in [-0.39, 0.29) is 12.0 Å². The molecule has 4 heterocycles. The molecule has 0 aliphatic carbocycles. The summed E-state index contributed by atoms with van der Waals surface area (Å²) in [4.78, 5) is 30.0. The average molecular weight is 367 g/mol. The van der Waals surface area contributed by atoms with Crippen LogP contribution >= 0.6 is 0 Å². The van der Waals surface area contributed by atoms with Crippen molar-refractivity contribution in [1.82, 2.24) is 24.8 Å². The van der Waals surface area contributed by atoms with E-state index in [9.17, 15) is 9.90 Å². The predicted molar refractivity (Wildman–Crippen MR) is 101 cm³/mol. The average Bonchev–Trinajstić information content (AvgIpc) is 2.75. The monoisotopic (exact) mass is 367 g/mol. The van der Waals surface area contributed by atoms with E-state index in [1.54, 1.807) is 18.6 Å². The van der Waals surface area contributed by atoms with Crippen LogP contribution < -0.4 is 0 Å². The second-order valence-electron chi connectivity index (χ2n) is 7.30. The maximum atomic E-state index is 12.8. The molecule has 142 valence electrons. The zero-order chi connectivity index (χ0) is 18.6. The Kier molecular flexibility index (Phi) is 5.40. The molecule has 0 aromatic carbocycles. The number of aromatic nitrogens is 3. The first-order chi connectivity index (χ1) is 13.2. The third-order valence-corrected chi connectivity index (χ3v) is 5.56. The highest BCUT2D eigenvalue weighted by molar-refractivity contribution is 5.93. The number of rotatable bonds is 3. The number of pyridine rings is 1. The Morgan fingerprint density at radius 1 is 0.963 bits per heavy atom. The fraction of sp³-hybridized carbons (Fsp3) is 0.500. The van der Waals surface area contributed by atoms with Crippen molar-refractivity contribution >= 4 is 5.91 Å². The molecule has 2 saturated heterocycles. The molecule has 2 aliphatic heterocycles. The van der Waals surface area contributed by atoms with E-state index in [4.69, 9.17) is 0 Å². The largest absolute Gasteiger partial charge is 0.393 e. The molecule has 4 rings (SSSR count). The summed E-state index contributed by atoms with van der Waals surface area (Å²) in [6.07, 6.45) is 8.43. The maximum Gasteiger partial charge on any atom is 0.256 e. The first-order valence-corrected chi connectivity index (χ1v) is 9.65. The summed E-state index contributed by atoms with van der Waals surface area (Å²) in [5.41, 5.74) is 1.22. The fourth-order valence-electron chi connectivity index (χ4n) is 3.93. The molecule has 0 unspecified atom stereocenters. The topological polar surface area (TPSA) is 82.5 Å². The van der Waals surface area contributed by atoms with E-state index >= 15 is 0 Å². The zero-order valence-corrected chi connectivity index (χ0v) is 15.4. The minimum atomic E-state index is -0.142. The normalized spacial score (nSPS) is 20.0. The lowest BCUT2D eigenvalue weighted by molar-refractivity contribution is 0.0357. The Morgan fingerprint density at radius 3 is 2.30 bits per heavy atom. The summed E-state index contributed by atoms with van der Waals surface area (Å²) in [5.74, 6) is 0.522. The molecule has 0 saturated carbocycles. The molecule has 2 aliphatic rings. The van der Waals surface area contributed by atoms with Crippen molar-refractivity contribution in [3.8, 4) is 11.5 Å². The summed E-state index contributed by atoms with van der Waals surface area (Å²) >= 11 is 0. The van der Waals surface area contributed by atoms with Crippen molar-refractivity contribution < 1.29 is 9.90 Å². The van der Waals surface area contributed by atoms with E-state index in [1.807, 2.05) is 23.1 Å². The zero-order valence-electron chi connectivity index (χ0n) is 15.4. The minimum Gasteiger partial charge on any atom is -0.393 e. The van der Waals surface area contributed by atoms with Crippen molar-refractivity contribution in [2.75, 3.05) is 26.2 Å². The molecule has 27 heavy (non-hydrogen) atoms. The lowest BCUT2D eigenvalue weighted by Gasteiger charge is -2.41. The Balaban J connectivity index is 1.34. The number of piperidine rings is 2. The number of aliphatic hydroxyl groups is 1. The van der Waals surface area contributed by atoms with Crippen LogP contribution in [0.15, 0.2) is 36.8 Å². The van der Waals surface area contributed by atoms with Gasteiger partial charge < -0.3 is 14.9 Å². The molecule has 7 heteroatoms. The van der Waals surface area contributed by atoms with Crippen LogP contribution in [-0.2, 0) is 0 Å². The lowest BCUT2D eigenvalue weighted by Crippen LogP contribution is -2.49. The maximum absolute atomic E-state index is 12.8. The molecular weight excluding hydrogens is 342 g/mol. The number of aliphatic hydroxyl groups excluding tert-OH is 1. The van der Waals surface area contributed by atoms with Crippen LogP contribution in [0.3, 0.4) is 0 Å². The van der Waals surface area contributed by atoms with Gasteiger partial charge >= 0.3 is 0 Å². The number of hydrogen-bond donors (Lipinski definition) is 1. The van der Waals surface area contributed by atoms with Crippen LogP contribution in [0.25, 0.3) is 11.5 Å². The molecule has 2 aromatic heterocycles. The molecule has 0 atom stereocenters. The first-order valence-electron chi connectivity index (χ1n) is 9.65. The van der Waals surface area contributed by atoms with Gasteiger partial charge in [-0.2, -0.15) is 0 Å². The number of amides is 1. The highest BCUT2D eigenvalue weighted by atomic mass is 16.3. The molecular formula is C20H25N5O2. The smallest absolute Gasteiger partial charge is 0.256 e. The summed E-state index contributed by atoms with van der Waals surface area (Å²) in [6.45, 7) is 3.43. The highest BCUT2D eigenvalue weighted by Crippen LogP contribution is 2.22. The first kappa shape index (κ1) is 18.0. The Bertz CT molecular complexity index is 752. The molecule has 1 amide bonds. The predicted octanol–water partition coefficient (Wildman–Crippen LogP) is 1.60. The van der Waals surface area contributed by atoms with Crippen LogP contribution in [0.5, 0.6) is 0 Å². The third kappa shape index (κ3) is 4.14. The molecule has 0 bridgehead atoms. The Morgan fingerprint density at radius 2 is 1.67 bits per heavy atom. The van der Waals surface area contributed by atoms with Gasteiger partial charge in [0.15, 0.2) is 5.82 Å². The summed E-state index contributed by atoms with van der Waals surface area (Å²) in [7, 11) is 0. The van der Waals surface area contributed by atoms with E-state index in [0.29, 0.717) is 23.1 Å². The van der Waals surface area contributed by atoms with Crippen LogP contribution in [0, 0.1) is 0 Å². The van der Waals surface area contributed by atoms with Crippen molar-refractivity contribution in [1.29, 1.82) is 0 Å². The van der Waals surface area contributed by atoms with Crippen molar-refractivity contribution in [2.24, 2.45) is 0 Å². The molecule has 1 N–H and O–H groups in total. The third-order valence-electron chi connectivity index (χ3n) is 5.56. The van der Waals surface area contributed by atoms with Gasteiger partial charge in [0, 0.05) is 50.8 Å². The van der Waals surface area contributed by atoms with Crippen molar-refractivity contribution in [3.63, 3.8) is 0 Å². The van der Waals surface area contributed by atoms with Gasteiger partial charge in [0.25, 0.3) is 5.91 Å². The Labute approximate surface area is 159 Å². The van der Waals surface area contributed by atoms with Crippen molar-refractivity contribution in [2.45, 2.75) is 37.8 Å². The second kappa shape index (κ2) is 8.10. The van der Waals surface area contributed by atoms with Gasteiger partial charge in [0.1, 0.15) is 5.69 Å². The fourth-order valence-corrected chi connectivity index (χ4v) is 3.93. The SMILES string of the molecule is O=C(c1cnc(-c2ccccn2)nc1)N1CCC(N2CCC(O)CC2)CC1. The van der Waals surface area contributed by atoms with Gasteiger partial charge in [-0.25, -0.2) is 9.97 Å². The molecule has 7 nitrogen and oxygen atoms in total. The molecule has 0 radical (unpaired) electrons. The molecule has 2 aromatic rings. The quantitative estimate of drug-likeness (QED) is 0.887. The minimum absolute atomic E-state index is 0.00455. The molecule has 0 spiro atoms. The number of carbonyl (C=O) groups is 1. The number of nitrogens with zero attached hydrogens (tertiary/aromatic N) is 5. The van der Waals surface area contributed by atoms with Crippen LogP contribution in [-0.4, -0.2) is 74.1 Å². The number of carbonyl (C=O) groups excluding carboxylic acids is 1. The van der Waals surface area contributed by atoms with Crippen LogP contribution in [0.1, 0.15) is 36.0 Å². The van der Waals surface area contributed by atoms with Gasteiger partial charge in [0.05, 0.1) is 11.7 Å². The van der Waals surface area contributed by atoms with E-state index in [2.05, 4.69) is 19.9 Å². The van der Waals surface area contributed by atoms with Crippen molar-refractivity contribution in [3.05, 3.63) is 42.4 Å². The van der Waals surface area contributed by atoms with Gasteiger partial charge in [-0.3, -0.25) is 9.78 Å². The number of likely N-dealkylation sites (tertiary alicyclic amines) is 2. The summed E-state index contributed by atoms with van der Waals surface area (Å²) in [6, 6.07) is 6.10. The van der Waals surface area contributed by atoms with E-state index < -0.39 is 0 Å². The van der Waals surface area contributed by atoms with E-state index in [0.717, 1.165) is 51.9 Å². The molecule has 2 fully saturated rings. The summed E-state index contributed by atoms with van der Waals surface area (Å²) < 4.78 is 0. The van der Waals surface area contributed by atoms with Gasteiger partial charge in [-0.05, 0) is 37.8 Å². The highest BCUT2D eigenvalue weighted by Gasteiger charge is 2.29. The van der Waals surface area contributed by atoms with Crippen LogP contribution in [0.2, 0.25) is 0 Å². The Hall–Kier alpha value is -2.38. The second-order valence-corrected chi connectivity index (χ2v) is 7.30. The van der Waals surface area contributed by atoms with E-state index in [1.165, 1.54) is 0 Å². The van der Waals surface area contributed by atoms with Gasteiger partial charge in [-0.15, -0.1) is 0 Å². The standard InChI is InChI=1S/C20H25N5O2/c26-17-6-11-24(12-7-17)16-4-9-25(10-5-16)20(27)15-13-22-19(23-14-15)18-3-1-2-8-21-18/h1-3,8,13-14,16-17,26H,4-7,9-12H2.